The SMILES string of the molecule is CCOC1=CCC(CCc2ccc3cc(C(O)OCC)sc3c2)C=C1. The van der Waals surface area contributed by atoms with Crippen LogP contribution in [0.2, 0.25) is 0 Å². The second-order valence-electron chi connectivity index (χ2n) is 6.26. The van der Waals surface area contributed by atoms with E-state index in [2.05, 4.69) is 36.4 Å². The summed E-state index contributed by atoms with van der Waals surface area (Å²) in [6, 6.07) is 8.61. The second kappa shape index (κ2) is 8.65. The van der Waals surface area contributed by atoms with E-state index in [4.69, 9.17) is 9.47 Å². The van der Waals surface area contributed by atoms with Crippen molar-refractivity contribution in [2.75, 3.05) is 13.2 Å². The smallest absolute Gasteiger partial charge is 0.190 e. The molecular weight excluding hydrogens is 332 g/mol. The van der Waals surface area contributed by atoms with Crippen LogP contribution in [0.25, 0.3) is 10.1 Å². The summed E-state index contributed by atoms with van der Waals surface area (Å²) >= 11 is 1.61. The molecule has 1 N–H and O–H groups in total. The van der Waals surface area contributed by atoms with Crippen LogP contribution in [0.5, 0.6) is 0 Å². The zero-order chi connectivity index (χ0) is 17.6. The number of benzene rings is 1. The lowest BCUT2D eigenvalue weighted by Crippen LogP contribution is -2.03. The average Bonchev–Trinajstić information content (AvgIpc) is 3.05. The molecule has 0 radical (unpaired) electrons. The van der Waals surface area contributed by atoms with Crippen LogP contribution >= 0.6 is 11.3 Å². The van der Waals surface area contributed by atoms with Crippen LogP contribution in [0, 0.1) is 5.92 Å². The molecule has 0 amide bonds. The Morgan fingerprint density at radius 3 is 2.84 bits per heavy atom. The lowest BCUT2D eigenvalue weighted by atomic mass is 9.93. The third kappa shape index (κ3) is 4.72. The van der Waals surface area contributed by atoms with E-state index in [0.29, 0.717) is 12.5 Å². The third-order valence-corrected chi connectivity index (χ3v) is 5.57. The molecule has 0 bridgehead atoms. The number of hydrogen-bond acceptors (Lipinski definition) is 4. The number of fused-ring (bicyclic) bond motifs is 1. The van der Waals surface area contributed by atoms with Crippen molar-refractivity contribution < 1.29 is 14.6 Å². The molecule has 1 aromatic heterocycles. The highest BCUT2D eigenvalue weighted by molar-refractivity contribution is 7.19. The predicted octanol–water partition coefficient (Wildman–Crippen LogP) is 5.36. The molecule has 0 aliphatic heterocycles. The summed E-state index contributed by atoms with van der Waals surface area (Å²) in [7, 11) is 0. The lowest BCUT2D eigenvalue weighted by molar-refractivity contribution is -0.0954. The Hall–Kier alpha value is -1.62. The first-order valence-electron chi connectivity index (χ1n) is 9.02. The van der Waals surface area contributed by atoms with E-state index >= 15 is 0 Å². The zero-order valence-electron chi connectivity index (χ0n) is 14.9. The van der Waals surface area contributed by atoms with Crippen LogP contribution in [0.4, 0.5) is 0 Å². The molecule has 0 fully saturated rings. The normalized spacial score (nSPS) is 18.4. The van der Waals surface area contributed by atoms with Gasteiger partial charge in [0.1, 0.15) is 5.76 Å². The van der Waals surface area contributed by atoms with Crippen LogP contribution in [0.3, 0.4) is 0 Å². The Labute approximate surface area is 153 Å². The third-order valence-electron chi connectivity index (χ3n) is 4.44. The van der Waals surface area contributed by atoms with Gasteiger partial charge in [0, 0.05) is 11.3 Å². The Balaban J connectivity index is 1.60. The molecule has 4 heteroatoms. The summed E-state index contributed by atoms with van der Waals surface area (Å²) in [5.41, 5.74) is 1.35. The van der Waals surface area contributed by atoms with Crippen LogP contribution in [0.15, 0.2) is 48.3 Å². The fraction of sp³-hybridized carbons (Fsp3) is 0.429. The molecule has 134 valence electrons. The van der Waals surface area contributed by atoms with Crippen molar-refractivity contribution in [1.29, 1.82) is 0 Å². The molecule has 3 nitrogen and oxygen atoms in total. The Bertz CT molecular complexity index is 760. The molecule has 1 aliphatic carbocycles. The van der Waals surface area contributed by atoms with Crippen molar-refractivity contribution in [3.63, 3.8) is 0 Å². The summed E-state index contributed by atoms with van der Waals surface area (Å²) in [6.07, 6.45) is 8.99. The Kier molecular flexibility index (Phi) is 6.29. The van der Waals surface area contributed by atoms with Gasteiger partial charge in [0.2, 0.25) is 0 Å². The van der Waals surface area contributed by atoms with Gasteiger partial charge < -0.3 is 14.6 Å². The average molecular weight is 359 g/mol. The van der Waals surface area contributed by atoms with Gasteiger partial charge in [-0.1, -0.05) is 18.2 Å². The van der Waals surface area contributed by atoms with Gasteiger partial charge in [-0.3, -0.25) is 0 Å². The molecular formula is C21H26O3S. The van der Waals surface area contributed by atoms with Crippen LogP contribution < -0.4 is 0 Å². The summed E-state index contributed by atoms with van der Waals surface area (Å²) in [6.45, 7) is 5.14. The second-order valence-corrected chi connectivity index (χ2v) is 7.38. The molecule has 0 spiro atoms. The number of aliphatic hydroxyl groups excluding tert-OH is 1. The van der Waals surface area contributed by atoms with Crippen molar-refractivity contribution in [2.45, 2.75) is 39.4 Å². The lowest BCUT2D eigenvalue weighted by Gasteiger charge is -2.16. The molecule has 2 unspecified atom stereocenters. The van der Waals surface area contributed by atoms with Gasteiger partial charge in [0.05, 0.1) is 11.5 Å². The summed E-state index contributed by atoms with van der Waals surface area (Å²) < 4.78 is 12.0. The summed E-state index contributed by atoms with van der Waals surface area (Å²) in [5, 5.41) is 11.2. The first-order valence-corrected chi connectivity index (χ1v) is 9.84. The number of aliphatic hydroxyl groups is 1. The fourth-order valence-electron chi connectivity index (χ4n) is 3.10. The van der Waals surface area contributed by atoms with Crippen molar-refractivity contribution in [3.05, 3.63) is 58.7 Å². The van der Waals surface area contributed by atoms with E-state index in [0.717, 1.165) is 36.5 Å². The number of rotatable bonds is 8. The number of hydrogen-bond donors (Lipinski definition) is 1. The van der Waals surface area contributed by atoms with E-state index in [9.17, 15) is 5.11 Å². The summed E-state index contributed by atoms with van der Waals surface area (Å²) in [4.78, 5) is 0.873. The molecule has 1 aliphatic rings. The van der Waals surface area contributed by atoms with Gasteiger partial charge in [-0.15, -0.1) is 11.3 Å². The molecule has 0 saturated carbocycles. The number of aryl methyl sites for hydroxylation is 1. The standard InChI is InChI=1S/C21H26O3S/c1-3-23-18-11-8-15(9-12-18)5-6-16-7-10-17-14-20(21(22)24-4-2)25-19(17)13-16/h7-8,10-15,21-22H,3-6,9H2,1-2H3. The van der Waals surface area contributed by atoms with Gasteiger partial charge >= 0.3 is 0 Å². The van der Waals surface area contributed by atoms with Crippen LogP contribution in [-0.4, -0.2) is 18.3 Å². The molecule has 1 aromatic carbocycles. The number of thiophene rings is 1. The maximum Gasteiger partial charge on any atom is 0.190 e. The van der Waals surface area contributed by atoms with E-state index < -0.39 is 6.29 Å². The van der Waals surface area contributed by atoms with Crippen LogP contribution in [0.1, 0.15) is 43.4 Å². The highest BCUT2D eigenvalue weighted by Crippen LogP contribution is 2.32. The monoisotopic (exact) mass is 358 g/mol. The van der Waals surface area contributed by atoms with Gasteiger partial charge in [-0.25, -0.2) is 0 Å². The molecule has 0 saturated heterocycles. The Morgan fingerprint density at radius 1 is 1.24 bits per heavy atom. The van der Waals surface area contributed by atoms with Crippen molar-refractivity contribution in [1.82, 2.24) is 0 Å². The molecule has 25 heavy (non-hydrogen) atoms. The topological polar surface area (TPSA) is 38.7 Å². The first kappa shape index (κ1) is 18.2. The highest BCUT2D eigenvalue weighted by atomic mass is 32.1. The largest absolute Gasteiger partial charge is 0.494 e. The number of ether oxygens (including phenoxy) is 2. The highest BCUT2D eigenvalue weighted by Gasteiger charge is 2.13. The van der Waals surface area contributed by atoms with Gasteiger partial charge in [0.25, 0.3) is 0 Å². The summed E-state index contributed by atoms with van der Waals surface area (Å²) in [5.74, 6) is 1.58. The maximum absolute atomic E-state index is 9.99. The quantitative estimate of drug-likeness (QED) is 0.646. The van der Waals surface area contributed by atoms with E-state index in [1.54, 1.807) is 11.3 Å². The Morgan fingerprint density at radius 2 is 2.12 bits per heavy atom. The zero-order valence-corrected chi connectivity index (χ0v) is 15.7. The minimum absolute atomic E-state index is 0.509. The van der Waals surface area contributed by atoms with E-state index in [1.165, 1.54) is 15.6 Å². The predicted molar refractivity (Wildman–Crippen MR) is 104 cm³/mol. The van der Waals surface area contributed by atoms with Gasteiger partial charge in [0.15, 0.2) is 6.29 Å². The number of allylic oxidation sites excluding steroid dienone is 3. The molecule has 2 atom stereocenters. The van der Waals surface area contributed by atoms with Crippen LogP contribution in [-0.2, 0) is 15.9 Å². The van der Waals surface area contributed by atoms with E-state index in [1.807, 2.05) is 19.9 Å². The van der Waals surface area contributed by atoms with Gasteiger partial charge in [-0.05, 0) is 74.3 Å². The minimum Gasteiger partial charge on any atom is -0.494 e. The fourth-order valence-corrected chi connectivity index (χ4v) is 4.16. The molecule has 1 heterocycles. The molecule has 3 rings (SSSR count). The minimum atomic E-state index is -0.815. The van der Waals surface area contributed by atoms with Crippen molar-refractivity contribution in [2.24, 2.45) is 5.92 Å². The van der Waals surface area contributed by atoms with Crippen molar-refractivity contribution in [3.8, 4) is 0 Å². The first-order chi connectivity index (χ1) is 12.2. The van der Waals surface area contributed by atoms with Crippen molar-refractivity contribution >= 4 is 21.4 Å². The maximum atomic E-state index is 9.99. The van der Waals surface area contributed by atoms with E-state index in [-0.39, 0.29) is 0 Å². The van der Waals surface area contributed by atoms with Gasteiger partial charge in [-0.2, -0.15) is 0 Å². The molecule has 2 aromatic rings.